The summed E-state index contributed by atoms with van der Waals surface area (Å²) in [6.45, 7) is 3.19. The van der Waals surface area contributed by atoms with Crippen LogP contribution < -0.4 is 4.90 Å². The van der Waals surface area contributed by atoms with E-state index in [0.717, 1.165) is 22.2 Å². The fourth-order valence-corrected chi connectivity index (χ4v) is 3.61. The number of halogens is 2. The third-order valence-corrected chi connectivity index (χ3v) is 4.42. The van der Waals surface area contributed by atoms with E-state index in [1.165, 1.54) is 37.7 Å². The fraction of sp³-hybridized carbons (Fsp3) is 0.643. The molecule has 0 spiro atoms. The van der Waals surface area contributed by atoms with Crippen molar-refractivity contribution in [3.8, 4) is 0 Å². The number of aromatic nitrogens is 1. The van der Waals surface area contributed by atoms with E-state index in [1.54, 1.807) is 0 Å². The van der Waals surface area contributed by atoms with Crippen LogP contribution in [0.5, 0.6) is 0 Å². The molecule has 18 heavy (non-hydrogen) atoms. The maximum atomic E-state index is 4.63. The molecule has 0 amide bonds. The van der Waals surface area contributed by atoms with Crippen LogP contribution in [-0.4, -0.2) is 22.9 Å². The highest BCUT2D eigenvalue weighted by Crippen LogP contribution is 2.29. The summed E-state index contributed by atoms with van der Waals surface area (Å²) in [5.74, 6) is 1.16. The number of rotatable bonds is 4. The number of nitrogens with zero attached hydrogens (tertiary/aromatic N) is 2. The van der Waals surface area contributed by atoms with Gasteiger partial charge in [0.2, 0.25) is 0 Å². The molecule has 100 valence electrons. The Morgan fingerprint density at radius 1 is 1.33 bits per heavy atom. The smallest absolute Gasteiger partial charge is 0.131 e. The number of aryl methyl sites for hydroxylation is 1. The van der Waals surface area contributed by atoms with E-state index < -0.39 is 0 Å². The highest BCUT2D eigenvalue weighted by atomic mass is 79.9. The van der Waals surface area contributed by atoms with E-state index in [0.29, 0.717) is 6.04 Å². The third-order valence-electron chi connectivity index (χ3n) is 3.63. The topological polar surface area (TPSA) is 16.1 Å². The van der Waals surface area contributed by atoms with Crippen molar-refractivity contribution in [2.24, 2.45) is 0 Å². The molecule has 0 aromatic carbocycles. The summed E-state index contributed by atoms with van der Waals surface area (Å²) in [6.07, 6.45) is 8.64. The average molecular weight is 376 g/mol. The van der Waals surface area contributed by atoms with Gasteiger partial charge in [0, 0.05) is 28.6 Å². The minimum Gasteiger partial charge on any atom is -0.353 e. The Labute approximate surface area is 126 Å². The number of anilines is 1. The second-order valence-electron chi connectivity index (χ2n) is 4.97. The zero-order valence-electron chi connectivity index (χ0n) is 10.8. The zero-order chi connectivity index (χ0) is 13.0. The van der Waals surface area contributed by atoms with Crippen LogP contribution in [0.25, 0.3) is 0 Å². The molecule has 1 aliphatic rings. The maximum absolute atomic E-state index is 4.63. The number of hydrogen-bond acceptors (Lipinski definition) is 2. The highest BCUT2D eigenvalue weighted by molar-refractivity contribution is 9.10. The average Bonchev–Trinajstić information content (AvgIpc) is 2.38. The summed E-state index contributed by atoms with van der Waals surface area (Å²) in [4.78, 5) is 7.13. The predicted octanol–water partition coefficient (Wildman–Crippen LogP) is 4.69. The number of hydrogen-bond donors (Lipinski definition) is 0. The standard InChI is InChI=1S/C14H20Br2N2/c1-11-9-12(16)10-17-14(11)18(8-7-15)13-5-3-2-4-6-13/h9-10,13H,2-8H2,1H3. The lowest BCUT2D eigenvalue weighted by Gasteiger charge is -2.35. The van der Waals surface area contributed by atoms with Crippen molar-refractivity contribution in [3.63, 3.8) is 0 Å². The molecule has 2 nitrogen and oxygen atoms in total. The van der Waals surface area contributed by atoms with Gasteiger partial charge in [-0.25, -0.2) is 4.98 Å². The van der Waals surface area contributed by atoms with Crippen molar-refractivity contribution in [1.29, 1.82) is 0 Å². The van der Waals surface area contributed by atoms with E-state index >= 15 is 0 Å². The van der Waals surface area contributed by atoms with Gasteiger partial charge in [-0.3, -0.25) is 0 Å². The zero-order valence-corrected chi connectivity index (χ0v) is 14.0. The summed E-state index contributed by atoms with van der Waals surface area (Å²) in [5, 5.41) is 1.00. The monoisotopic (exact) mass is 374 g/mol. The van der Waals surface area contributed by atoms with Gasteiger partial charge < -0.3 is 4.90 Å². The van der Waals surface area contributed by atoms with Gasteiger partial charge in [0.25, 0.3) is 0 Å². The number of alkyl halides is 1. The molecule has 0 saturated heterocycles. The molecule has 0 unspecified atom stereocenters. The minimum atomic E-state index is 0.670. The molecule has 0 bridgehead atoms. The van der Waals surface area contributed by atoms with Crippen LogP contribution in [0.3, 0.4) is 0 Å². The minimum absolute atomic E-state index is 0.670. The van der Waals surface area contributed by atoms with Crippen molar-refractivity contribution >= 4 is 37.7 Å². The van der Waals surface area contributed by atoms with E-state index in [1.807, 2.05) is 6.20 Å². The van der Waals surface area contributed by atoms with Crippen molar-refractivity contribution in [2.75, 3.05) is 16.8 Å². The van der Waals surface area contributed by atoms with Gasteiger partial charge in [0.15, 0.2) is 0 Å². The molecule has 4 heteroatoms. The molecule has 0 N–H and O–H groups in total. The van der Waals surface area contributed by atoms with Crippen molar-refractivity contribution in [3.05, 3.63) is 22.3 Å². The molecule has 1 fully saturated rings. The summed E-state index contributed by atoms with van der Waals surface area (Å²) >= 11 is 7.06. The van der Waals surface area contributed by atoms with Crippen molar-refractivity contribution in [1.82, 2.24) is 4.98 Å². The fourth-order valence-electron chi connectivity index (χ4n) is 2.78. The van der Waals surface area contributed by atoms with Gasteiger partial charge in [0.05, 0.1) is 0 Å². The lowest BCUT2D eigenvalue weighted by Crippen LogP contribution is -2.39. The normalized spacial score (nSPS) is 16.8. The summed E-state index contributed by atoms with van der Waals surface area (Å²) in [6, 6.07) is 2.83. The third kappa shape index (κ3) is 3.47. The molecule has 0 atom stereocenters. The Morgan fingerprint density at radius 2 is 2.06 bits per heavy atom. The van der Waals surface area contributed by atoms with E-state index in [-0.39, 0.29) is 0 Å². The van der Waals surface area contributed by atoms with E-state index in [4.69, 9.17) is 0 Å². The van der Waals surface area contributed by atoms with Crippen LogP contribution in [0.2, 0.25) is 0 Å². The molecule has 1 saturated carbocycles. The van der Waals surface area contributed by atoms with Crippen LogP contribution in [0.15, 0.2) is 16.7 Å². The molecule has 2 rings (SSSR count). The van der Waals surface area contributed by atoms with Crippen LogP contribution >= 0.6 is 31.9 Å². The highest BCUT2D eigenvalue weighted by Gasteiger charge is 2.22. The molecule has 1 aromatic rings. The Balaban J connectivity index is 2.22. The van der Waals surface area contributed by atoms with Gasteiger partial charge in [-0.15, -0.1) is 0 Å². The van der Waals surface area contributed by atoms with Crippen LogP contribution in [0.1, 0.15) is 37.7 Å². The lowest BCUT2D eigenvalue weighted by atomic mass is 9.94. The first kappa shape index (κ1) is 14.3. The van der Waals surface area contributed by atoms with E-state index in [2.05, 4.69) is 54.7 Å². The SMILES string of the molecule is Cc1cc(Br)cnc1N(CCBr)C1CCCCC1. The number of pyridine rings is 1. The van der Waals surface area contributed by atoms with Crippen molar-refractivity contribution < 1.29 is 0 Å². The van der Waals surface area contributed by atoms with Crippen LogP contribution in [0.4, 0.5) is 5.82 Å². The Bertz CT molecular complexity index is 389. The Hall–Kier alpha value is -0.0900. The lowest BCUT2D eigenvalue weighted by molar-refractivity contribution is 0.416. The van der Waals surface area contributed by atoms with Crippen molar-refractivity contribution in [2.45, 2.75) is 45.1 Å². The molecule has 1 aliphatic carbocycles. The van der Waals surface area contributed by atoms with Crippen LogP contribution in [-0.2, 0) is 0 Å². The van der Waals surface area contributed by atoms with Gasteiger partial charge in [-0.1, -0.05) is 35.2 Å². The Kier molecular flexibility index (Phi) is 5.49. The summed E-state index contributed by atoms with van der Waals surface area (Å²) < 4.78 is 1.06. The van der Waals surface area contributed by atoms with Gasteiger partial charge in [-0.2, -0.15) is 0 Å². The summed E-state index contributed by atoms with van der Waals surface area (Å²) in [5.41, 5.74) is 1.26. The predicted molar refractivity (Wildman–Crippen MR) is 84.7 cm³/mol. The Morgan fingerprint density at radius 3 is 2.67 bits per heavy atom. The van der Waals surface area contributed by atoms with E-state index in [9.17, 15) is 0 Å². The first-order valence-corrected chi connectivity index (χ1v) is 8.58. The maximum Gasteiger partial charge on any atom is 0.131 e. The van der Waals surface area contributed by atoms with Gasteiger partial charge in [0.1, 0.15) is 5.82 Å². The van der Waals surface area contributed by atoms with Gasteiger partial charge in [-0.05, 0) is 47.3 Å². The quantitative estimate of drug-likeness (QED) is 0.710. The molecule has 1 heterocycles. The van der Waals surface area contributed by atoms with Gasteiger partial charge >= 0.3 is 0 Å². The molecule has 0 radical (unpaired) electrons. The molecule has 1 aromatic heterocycles. The molecular weight excluding hydrogens is 356 g/mol. The largest absolute Gasteiger partial charge is 0.353 e. The first-order chi connectivity index (χ1) is 8.72. The summed E-state index contributed by atoms with van der Waals surface area (Å²) in [7, 11) is 0. The molecule has 0 aliphatic heterocycles. The van der Waals surface area contributed by atoms with Crippen LogP contribution in [0, 0.1) is 6.92 Å². The second-order valence-corrected chi connectivity index (χ2v) is 6.68. The molecular formula is C14H20Br2N2. The first-order valence-electron chi connectivity index (χ1n) is 6.67. The second kappa shape index (κ2) is 6.90.